The third-order valence-corrected chi connectivity index (χ3v) is 4.24. The molecule has 5 nitrogen and oxygen atoms in total. The first-order chi connectivity index (χ1) is 12.9. The van der Waals surface area contributed by atoms with Crippen molar-refractivity contribution in [2.45, 2.75) is 32.8 Å². The van der Waals surface area contributed by atoms with E-state index in [0.29, 0.717) is 33.7 Å². The van der Waals surface area contributed by atoms with E-state index in [1.54, 1.807) is 49.4 Å². The molecule has 144 valence electrons. The van der Waals surface area contributed by atoms with Gasteiger partial charge in [0.2, 0.25) is 0 Å². The van der Waals surface area contributed by atoms with Gasteiger partial charge in [-0.15, -0.1) is 0 Å². The zero-order valence-electron chi connectivity index (χ0n) is 15.1. The largest absolute Gasteiger partial charge is 0.479 e. The summed E-state index contributed by atoms with van der Waals surface area (Å²) in [6.07, 6.45) is 1.04. The lowest BCUT2D eigenvalue weighted by atomic mass is 10.2. The quantitative estimate of drug-likeness (QED) is 0.470. The van der Waals surface area contributed by atoms with Crippen molar-refractivity contribution >= 4 is 40.8 Å². The first kappa shape index (κ1) is 21.1. The second-order valence-corrected chi connectivity index (χ2v) is 6.73. The van der Waals surface area contributed by atoms with Crippen LogP contribution in [0.4, 0.5) is 5.69 Å². The summed E-state index contributed by atoms with van der Waals surface area (Å²) in [5.41, 5.74) is 0.842. The van der Waals surface area contributed by atoms with Crippen molar-refractivity contribution in [1.29, 1.82) is 0 Å². The number of hydrogen-bond donors (Lipinski definition) is 1. The monoisotopic (exact) mass is 409 g/mol. The Morgan fingerprint density at radius 3 is 2.48 bits per heavy atom. The van der Waals surface area contributed by atoms with Gasteiger partial charge >= 0.3 is 5.97 Å². The van der Waals surface area contributed by atoms with Crippen LogP contribution < -0.4 is 10.1 Å². The molecular weight excluding hydrogens is 389 g/mol. The summed E-state index contributed by atoms with van der Waals surface area (Å²) in [6.45, 7) is 4.02. The normalized spacial score (nSPS) is 11.6. The van der Waals surface area contributed by atoms with Crippen molar-refractivity contribution in [3.63, 3.8) is 0 Å². The van der Waals surface area contributed by atoms with Crippen LogP contribution in [0.15, 0.2) is 42.5 Å². The minimum absolute atomic E-state index is 0.335. The minimum atomic E-state index is -0.730. The molecule has 0 aromatic heterocycles. The molecule has 0 aliphatic heterocycles. The second kappa shape index (κ2) is 10.2. The fourth-order valence-electron chi connectivity index (χ4n) is 2.16. The van der Waals surface area contributed by atoms with E-state index in [-0.39, 0.29) is 5.91 Å². The van der Waals surface area contributed by atoms with E-state index < -0.39 is 12.1 Å². The van der Waals surface area contributed by atoms with Crippen molar-refractivity contribution in [1.82, 2.24) is 0 Å². The van der Waals surface area contributed by atoms with Crippen LogP contribution in [0, 0.1) is 0 Å². The molecule has 7 heteroatoms. The van der Waals surface area contributed by atoms with E-state index in [9.17, 15) is 9.59 Å². The summed E-state index contributed by atoms with van der Waals surface area (Å²) >= 11 is 12.0. The fourth-order valence-corrected chi connectivity index (χ4v) is 2.50. The Kier molecular flexibility index (Phi) is 7.95. The van der Waals surface area contributed by atoms with Crippen LogP contribution in [-0.4, -0.2) is 24.6 Å². The Hall–Kier alpha value is -2.24. The Balaban J connectivity index is 1.95. The molecule has 2 aromatic carbocycles. The Morgan fingerprint density at radius 1 is 1.11 bits per heavy atom. The molecule has 0 unspecified atom stereocenters. The number of halogens is 2. The predicted molar refractivity (Wildman–Crippen MR) is 107 cm³/mol. The first-order valence-electron chi connectivity index (χ1n) is 8.60. The first-order valence-corrected chi connectivity index (χ1v) is 9.36. The van der Waals surface area contributed by atoms with Crippen LogP contribution in [0.5, 0.6) is 5.75 Å². The van der Waals surface area contributed by atoms with E-state index >= 15 is 0 Å². The third kappa shape index (κ3) is 6.45. The Bertz CT molecular complexity index is 793. The number of unbranched alkanes of at least 4 members (excludes halogenated alkanes) is 1. The zero-order chi connectivity index (χ0) is 19.8. The highest BCUT2D eigenvalue weighted by Crippen LogP contribution is 2.26. The van der Waals surface area contributed by atoms with E-state index in [0.717, 1.165) is 12.8 Å². The third-order valence-electron chi connectivity index (χ3n) is 3.68. The summed E-state index contributed by atoms with van der Waals surface area (Å²) in [7, 11) is 0. The van der Waals surface area contributed by atoms with Gasteiger partial charge in [-0.05, 0) is 55.8 Å². The predicted octanol–water partition coefficient (Wildman–Crippen LogP) is 5.36. The van der Waals surface area contributed by atoms with Gasteiger partial charge < -0.3 is 14.8 Å². The number of esters is 1. The van der Waals surface area contributed by atoms with Crippen molar-refractivity contribution < 1.29 is 19.1 Å². The van der Waals surface area contributed by atoms with Crippen LogP contribution in [0.2, 0.25) is 10.0 Å². The minimum Gasteiger partial charge on any atom is -0.479 e. The molecule has 1 amide bonds. The molecule has 2 rings (SSSR count). The number of amides is 1. The number of carbonyl (C=O) groups is 2. The van der Waals surface area contributed by atoms with E-state index in [1.165, 1.54) is 0 Å². The number of rotatable bonds is 8. The molecule has 0 fully saturated rings. The number of anilines is 1. The average molecular weight is 410 g/mol. The summed E-state index contributed by atoms with van der Waals surface area (Å²) in [5.74, 6) is -0.286. The zero-order valence-corrected chi connectivity index (χ0v) is 16.6. The van der Waals surface area contributed by atoms with Gasteiger partial charge in [-0.25, -0.2) is 4.79 Å². The second-order valence-electron chi connectivity index (χ2n) is 5.88. The lowest BCUT2D eigenvalue weighted by molar-refractivity contribution is -0.151. The van der Waals surface area contributed by atoms with Crippen LogP contribution in [0.3, 0.4) is 0 Å². The van der Waals surface area contributed by atoms with Gasteiger partial charge in [-0.2, -0.15) is 0 Å². The van der Waals surface area contributed by atoms with Gasteiger partial charge in [-0.3, -0.25) is 4.79 Å². The molecule has 0 bridgehead atoms. The van der Waals surface area contributed by atoms with Gasteiger partial charge in [0.25, 0.3) is 5.91 Å². The molecule has 27 heavy (non-hydrogen) atoms. The maximum absolute atomic E-state index is 12.3. The molecule has 2 aromatic rings. The van der Waals surface area contributed by atoms with Gasteiger partial charge in [0.05, 0.1) is 17.3 Å². The van der Waals surface area contributed by atoms with Gasteiger partial charge in [0.15, 0.2) is 6.10 Å². The Morgan fingerprint density at radius 2 is 1.81 bits per heavy atom. The summed E-state index contributed by atoms with van der Waals surface area (Å²) in [5, 5.41) is 3.57. The maximum Gasteiger partial charge on any atom is 0.347 e. The van der Waals surface area contributed by atoms with Crippen molar-refractivity contribution in [3.8, 4) is 5.75 Å². The standard InChI is InChI=1S/C20H21Cl2NO4/c1-3-4-11-26-20(25)13(2)27-16-8-5-14(6-9-16)19(24)23-18-12-15(21)7-10-17(18)22/h5-10,12-13H,3-4,11H2,1-2H3,(H,23,24)/t13-/m0/s1. The summed E-state index contributed by atoms with van der Waals surface area (Å²) in [4.78, 5) is 24.2. The highest BCUT2D eigenvalue weighted by atomic mass is 35.5. The lowest BCUT2D eigenvalue weighted by Crippen LogP contribution is -2.26. The van der Waals surface area contributed by atoms with Crippen LogP contribution in [0.1, 0.15) is 37.0 Å². The topological polar surface area (TPSA) is 64.6 Å². The van der Waals surface area contributed by atoms with Crippen LogP contribution in [-0.2, 0) is 9.53 Å². The summed E-state index contributed by atoms with van der Waals surface area (Å²) < 4.78 is 10.7. The number of ether oxygens (including phenoxy) is 2. The van der Waals surface area contributed by atoms with E-state index in [1.807, 2.05) is 6.92 Å². The number of benzene rings is 2. The smallest absolute Gasteiger partial charge is 0.347 e. The molecule has 0 spiro atoms. The molecular formula is C20H21Cl2NO4. The number of nitrogens with one attached hydrogen (secondary N) is 1. The molecule has 0 saturated heterocycles. The van der Waals surface area contributed by atoms with Gasteiger partial charge in [-0.1, -0.05) is 36.5 Å². The summed E-state index contributed by atoms with van der Waals surface area (Å²) in [6, 6.07) is 11.2. The maximum atomic E-state index is 12.3. The van der Waals surface area contributed by atoms with Crippen molar-refractivity contribution in [2.24, 2.45) is 0 Å². The molecule has 0 aliphatic carbocycles. The molecule has 1 atom stereocenters. The van der Waals surface area contributed by atoms with E-state index in [2.05, 4.69) is 5.32 Å². The lowest BCUT2D eigenvalue weighted by Gasteiger charge is -2.14. The molecule has 0 aliphatic rings. The van der Waals surface area contributed by atoms with E-state index in [4.69, 9.17) is 32.7 Å². The highest BCUT2D eigenvalue weighted by Gasteiger charge is 2.16. The highest BCUT2D eigenvalue weighted by molar-refractivity contribution is 6.35. The number of carbonyl (C=O) groups excluding carboxylic acids is 2. The van der Waals surface area contributed by atoms with Gasteiger partial charge in [0, 0.05) is 10.6 Å². The number of hydrogen-bond acceptors (Lipinski definition) is 4. The molecule has 0 radical (unpaired) electrons. The van der Waals surface area contributed by atoms with Crippen molar-refractivity contribution in [3.05, 3.63) is 58.1 Å². The molecule has 0 saturated carbocycles. The van der Waals surface area contributed by atoms with Crippen LogP contribution in [0.25, 0.3) is 0 Å². The molecule has 1 N–H and O–H groups in total. The Labute approximate surface area is 168 Å². The average Bonchev–Trinajstić information content (AvgIpc) is 2.65. The van der Waals surface area contributed by atoms with Gasteiger partial charge in [0.1, 0.15) is 5.75 Å². The fraction of sp³-hybridized carbons (Fsp3) is 0.300. The SMILES string of the molecule is CCCCOC(=O)[C@H](C)Oc1ccc(C(=O)Nc2cc(Cl)ccc2Cl)cc1. The molecule has 0 heterocycles. The van der Waals surface area contributed by atoms with Crippen LogP contribution >= 0.6 is 23.2 Å². The van der Waals surface area contributed by atoms with Crippen molar-refractivity contribution in [2.75, 3.05) is 11.9 Å².